The molecule has 1 saturated heterocycles. The van der Waals surface area contributed by atoms with E-state index in [1.165, 1.54) is 10.6 Å². The van der Waals surface area contributed by atoms with Gasteiger partial charge in [-0.25, -0.2) is 23.5 Å². The summed E-state index contributed by atoms with van der Waals surface area (Å²) < 4.78 is 18.3. The summed E-state index contributed by atoms with van der Waals surface area (Å²) >= 11 is 0. The first-order chi connectivity index (χ1) is 17.1. The first kappa shape index (κ1) is 21.5. The normalized spacial score (nSPS) is 17.7. The van der Waals surface area contributed by atoms with Crippen molar-refractivity contribution < 1.29 is 9.18 Å². The molecule has 2 aromatic carbocycles. The van der Waals surface area contributed by atoms with Gasteiger partial charge in [0.2, 0.25) is 5.91 Å². The van der Waals surface area contributed by atoms with Gasteiger partial charge in [-0.05, 0) is 66.6 Å². The van der Waals surface area contributed by atoms with Crippen molar-refractivity contribution in [2.75, 3.05) is 13.1 Å². The first-order valence-electron chi connectivity index (χ1n) is 11.9. The quantitative estimate of drug-likeness (QED) is 0.466. The highest BCUT2D eigenvalue weighted by molar-refractivity contribution is 5.81. The average molecular weight is 473 g/mol. The van der Waals surface area contributed by atoms with Crippen LogP contribution < -0.4 is 5.69 Å². The van der Waals surface area contributed by atoms with E-state index < -0.39 is 11.5 Å². The maximum atomic E-state index is 15.3. The molecule has 1 unspecified atom stereocenters. The highest BCUT2D eigenvalue weighted by Crippen LogP contribution is 2.33. The van der Waals surface area contributed by atoms with E-state index in [1.54, 1.807) is 23.0 Å². The third-order valence-electron chi connectivity index (χ3n) is 6.90. The van der Waals surface area contributed by atoms with E-state index >= 15 is 4.39 Å². The Kier molecular flexibility index (Phi) is 5.32. The fourth-order valence-electron chi connectivity index (χ4n) is 4.86. The summed E-state index contributed by atoms with van der Waals surface area (Å²) in [4.78, 5) is 26.8. The van der Waals surface area contributed by atoms with Crippen LogP contribution in [0.2, 0.25) is 0 Å². The molecule has 1 saturated carbocycles. The number of amides is 1. The molecule has 35 heavy (non-hydrogen) atoms. The molecule has 2 aromatic heterocycles. The van der Waals surface area contributed by atoms with Crippen LogP contribution in [-0.4, -0.2) is 48.4 Å². The molecular weight excluding hydrogens is 447 g/mol. The van der Waals surface area contributed by atoms with Crippen LogP contribution >= 0.6 is 0 Å². The Balaban J connectivity index is 1.22. The number of likely N-dealkylation sites (tertiary alicyclic amines) is 1. The van der Waals surface area contributed by atoms with Crippen LogP contribution in [0.5, 0.6) is 0 Å². The highest BCUT2D eigenvalue weighted by Gasteiger charge is 2.37. The van der Waals surface area contributed by atoms with Gasteiger partial charge in [0.25, 0.3) is 0 Å². The Morgan fingerprint density at radius 3 is 2.60 bits per heavy atom. The maximum Gasteiger partial charge on any atom is 0.348 e. The number of benzene rings is 2. The topological polar surface area (TPSA) is 88.8 Å². The number of hydrogen-bond donors (Lipinski definition) is 1. The van der Waals surface area contributed by atoms with Crippen molar-refractivity contribution in [1.82, 2.24) is 29.4 Å². The molecule has 9 heteroatoms. The van der Waals surface area contributed by atoms with Crippen molar-refractivity contribution in [1.29, 1.82) is 0 Å². The van der Waals surface area contributed by atoms with Crippen molar-refractivity contribution in [3.63, 3.8) is 0 Å². The fraction of sp³-hybridized carbons (Fsp3) is 0.308. The molecule has 6 rings (SSSR count). The summed E-state index contributed by atoms with van der Waals surface area (Å²) in [5, 5.41) is 10.9. The summed E-state index contributed by atoms with van der Waals surface area (Å²) in [6.07, 6.45) is 6.91. The molecule has 1 atom stereocenters. The smallest absolute Gasteiger partial charge is 0.342 e. The summed E-state index contributed by atoms with van der Waals surface area (Å²) in [6, 6.07) is 14.4. The number of aromatic amines is 1. The zero-order valence-electron chi connectivity index (χ0n) is 19.1. The number of halogens is 1. The Morgan fingerprint density at radius 1 is 1.09 bits per heavy atom. The van der Waals surface area contributed by atoms with Gasteiger partial charge in [0.15, 0.2) is 0 Å². The summed E-state index contributed by atoms with van der Waals surface area (Å²) in [5.41, 5.74) is 2.17. The van der Waals surface area contributed by atoms with Gasteiger partial charge in [-0.15, -0.1) is 0 Å². The van der Waals surface area contributed by atoms with Gasteiger partial charge in [0.1, 0.15) is 11.6 Å². The molecule has 0 radical (unpaired) electrons. The van der Waals surface area contributed by atoms with E-state index in [4.69, 9.17) is 0 Å². The number of nitrogens with zero attached hydrogens (tertiary/aromatic N) is 5. The molecule has 1 aliphatic carbocycles. The molecular formula is C26H25FN6O2. The fourth-order valence-corrected chi connectivity index (χ4v) is 4.86. The third-order valence-corrected chi connectivity index (χ3v) is 6.90. The van der Waals surface area contributed by atoms with E-state index in [0.29, 0.717) is 24.4 Å². The van der Waals surface area contributed by atoms with Crippen LogP contribution in [0.4, 0.5) is 4.39 Å². The lowest BCUT2D eigenvalue weighted by molar-refractivity contribution is -0.131. The number of carbonyl (C=O) groups is 1. The summed E-state index contributed by atoms with van der Waals surface area (Å²) in [6.45, 7) is 1.39. The number of hydrogen-bond acceptors (Lipinski definition) is 4. The monoisotopic (exact) mass is 472 g/mol. The van der Waals surface area contributed by atoms with Crippen LogP contribution in [0.15, 0.2) is 65.7 Å². The lowest BCUT2D eigenvalue weighted by atomic mass is 10.0. The van der Waals surface area contributed by atoms with Crippen molar-refractivity contribution in [2.24, 2.45) is 11.8 Å². The molecule has 4 aromatic rings. The van der Waals surface area contributed by atoms with Gasteiger partial charge in [0, 0.05) is 37.8 Å². The SMILES string of the molecule is O=C(C1CC1)N1CCC(Cc2n[nH]c(=O)n2-c2ccc(-c3ccc(-n4cccn4)cc3)cc2F)C1. The van der Waals surface area contributed by atoms with Crippen molar-refractivity contribution in [3.8, 4) is 22.5 Å². The molecule has 8 nitrogen and oxygen atoms in total. The third kappa shape index (κ3) is 4.18. The summed E-state index contributed by atoms with van der Waals surface area (Å²) in [7, 11) is 0. The second-order valence-corrected chi connectivity index (χ2v) is 9.36. The average Bonchev–Trinajstić information content (AvgIpc) is 3.22. The minimum absolute atomic E-state index is 0.166. The Labute approximate surface area is 201 Å². The summed E-state index contributed by atoms with van der Waals surface area (Å²) in [5.74, 6) is 0.622. The van der Waals surface area contributed by atoms with E-state index in [-0.39, 0.29) is 23.4 Å². The molecule has 2 fully saturated rings. The molecule has 3 heterocycles. The van der Waals surface area contributed by atoms with E-state index in [2.05, 4.69) is 15.3 Å². The van der Waals surface area contributed by atoms with E-state index in [1.807, 2.05) is 41.4 Å². The van der Waals surface area contributed by atoms with Crippen molar-refractivity contribution >= 4 is 5.91 Å². The van der Waals surface area contributed by atoms with Gasteiger partial charge in [-0.2, -0.15) is 10.2 Å². The Morgan fingerprint density at radius 2 is 1.89 bits per heavy atom. The number of aromatic nitrogens is 5. The Hall–Kier alpha value is -4.01. The number of H-pyrrole nitrogens is 1. The number of rotatable bonds is 6. The lowest BCUT2D eigenvalue weighted by Gasteiger charge is -2.16. The van der Waals surface area contributed by atoms with E-state index in [9.17, 15) is 9.59 Å². The maximum absolute atomic E-state index is 15.3. The van der Waals surface area contributed by atoms with Gasteiger partial charge < -0.3 is 4.90 Å². The molecule has 0 bridgehead atoms. The molecule has 178 valence electrons. The molecule has 1 N–H and O–H groups in total. The minimum atomic E-state index is -0.500. The molecule has 2 aliphatic rings. The van der Waals surface area contributed by atoms with Crippen LogP contribution in [0, 0.1) is 17.7 Å². The largest absolute Gasteiger partial charge is 0.348 e. The zero-order chi connectivity index (χ0) is 23.9. The van der Waals surface area contributed by atoms with Crippen molar-refractivity contribution in [2.45, 2.75) is 25.7 Å². The van der Waals surface area contributed by atoms with Crippen molar-refractivity contribution in [3.05, 3.63) is 83.1 Å². The molecule has 1 amide bonds. The minimum Gasteiger partial charge on any atom is -0.342 e. The number of carbonyl (C=O) groups excluding carboxylic acids is 1. The van der Waals surface area contributed by atoms with Crippen LogP contribution in [-0.2, 0) is 11.2 Å². The van der Waals surface area contributed by atoms with Crippen LogP contribution in [0.1, 0.15) is 25.1 Å². The van der Waals surface area contributed by atoms with E-state index in [0.717, 1.165) is 37.1 Å². The van der Waals surface area contributed by atoms with Gasteiger partial charge in [0.05, 0.1) is 11.4 Å². The second-order valence-electron chi connectivity index (χ2n) is 9.36. The van der Waals surface area contributed by atoms with Gasteiger partial charge >= 0.3 is 5.69 Å². The predicted octanol–water partition coefficient (Wildman–Crippen LogP) is 3.35. The second kappa shape index (κ2) is 8.65. The number of nitrogens with one attached hydrogen (secondary N) is 1. The standard InChI is InChI=1S/C26H25FN6O2/c27-22-15-20(18-4-7-21(8-5-18)32-12-1-11-28-32)6-9-23(22)33-24(29-30-26(33)35)14-17-10-13-31(16-17)25(34)19-2-3-19/h1,4-9,11-12,15,17,19H,2-3,10,13-14,16H2,(H,30,35). The van der Waals surface area contributed by atoms with Gasteiger partial charge in [-0.1, -0.05) is 18.2 Å². The lowest BCUT2D eigenvalue weighted by Crippen LogP contribution is -2.30. The van der Waals surface area contributed by atoms with Gasteiger partial charge in [-0.3, -0.25) is 4.79 Å². The Bertz CT molecular complexity index is 1420. The predicted molar refractivity (Wildman–Crippen MR) is 128 cm³/mol. The van der Waals surface area contributed by atoms with Crippen LogP contribution in [0.25, 0.3) is 22.5 Å². The zero-order valence-corrected chi connectivity index (χ0v) is 19.1. The highest BCUT2D eigenvalue weighted by atomic mass is 19.1. The van der Waals surface area contributed by atoms with Crippen LogP contribution in [0.3, 0.4) is 0 Å². The molecule has 0 spiro atoms. The molecule has 1 aliphatic heterocycles. The first-order valence-corrected chi connectivity index (χ1v) is 11.9.